The highest BCUT2D eigenvalue weighted by molar-refractivity contribution is 9.10. The topological polar surface area (TPSA) is 42.0 Å². The molecule has 23 heavy (non-hydrogen) atoms. The van der Waals surface area contributed by atoms with E-state index >= 15 is 0 Å². The van der Waals surface area contributed by atoms with Crippen LogP contribution in [0.5, 0.6) is 0 Å². The van der Waals surface area contributed by atoms with Crippen LogP contribution in [0, 0.1) is 0 Å². The number of hydrogen-bond acceptors (Lipinski definition) is 4. The zero-order valence-electron chi connectivity index (χ0n) is 12.0. The summed E-state index contributed by atoms with van der Waals surface area (Å²) in [6, 6.07) is 13.5. The summed E-state index contributed by atoms with van der Waals surface area (Å²) in [4.78, 5) is 18.2. The molecule has 3 nitrogen and oxygen atoms in total. The van der Waals surface area contributed by atoms with Crippen LogP contribution in [0.4, 0.5) is 5.69 Å². The molecule has 0 saturated heterocycles. The van der Waals surface area contributed by atoms with E-state index in [0.717, 1.165) is 25.7 Å². The van der Waals surface area contributed by atoms with Crippen molar-refractivity contribution in [3.63, 3.8) is 0 Å². The molecule has 6 heteroatoms. The van der Waals surface area contributed by atoms with E-state index in [1.165, 1.54) is 16.9 Å². The lowest BCUT2D eigenvalue weighted by Crippen LogP contribution is -2.10. The van der Waals surface area contributed by atoms with E-state index in [9.17, 15) is 4.79 Å². The van der Waals surface area contributed by atoms with E-state index in [1.54, 1.807) is 24.2 Å². The fourth-order valence-electron chi connectivity index (χ4n) is 1.94. The van der Waals surface area contributed by atoms with Crippen LogP contribution in [0.2, 0.25) is 0 Å². The molecule has 0 aliphatic carbocycles. The molecule has 116 valence electrons. The first-order chi connectivity index (χ1) is 11.2. The molecular weight excluding hydrogens is 392 g/mol. The number of rotatable bonds is 5. The highest BCUT2D eigenvalue weighted by Crippen LogP contribution is 2.30. The average Bonchev–Trinajstić information content (AvgIpc) is 3.05. The second kappa shape index (κ2) is 7.77. The fourth-order valence-corrected chi connectivity index (χ4v) is 4.19. The van der Waals surface area contributed by atoms with Gasteiger partial charge in [0.1, 0.15) is 4.88 Å². The summed E-state index contributed by atoms with van der Waals surface area (Å²) < 4.78 is 0.986. The Balaban J connectivity index is 1.67. The molecule has 0 fully saturated rings. The SMILES string of the molecule is O=C(Nc1ccc(Br)cc1)c1sccc1SCc1ccncc1. The second-order valence-electron chi connectivity index (χ2n) is 4.72. The Kier molecular flexibility index (Phi) is 5.48. The molecule has 0 bridgehead atoms. The molecule has 0 aliphatic rings. The van der Waals surface area contributed by atoms with Crippen molar-refractivity contribution in [1.29, 1.82) is 0 Å². The van der Waals surface area contributed by atoms with E-state index in [0.29, 0.717) is 0 Å². The first-order valence-electron chi connectivity index (χ1n) is 6.88. The number of nitrogens with one attached hydrogen (secondary N) is 1. The number of aromatic nitrogens is 1. The Morgan fingerprint density at radius 3 is 2.61 bits per heavy atom. The molecule has 3 rings (SSSR count). The van der Waals surface area contributed by atoms with Crippen molar-refractivity contribution < 1.29 is 4.79 Å². The van der Waals surface area contributed by atoms with Crippen LogP contribution in [0.25, 0.3) is 0 Å². The maximum Gasteiger partial charge on any atom is 0.266 e. The number of amides is 1. The van der Waals surface area contributed by atoms with Crippen molar-refractivity contribution in [2.45, 2.75) is 10.6 Å². The molecule has 2 aromatic heterocycles. The van der Waals surface area contributed by atoms with Gasteiger partial charge in [-0.25, -0.2) is 0 Å². The minimum atomic E-state index is -0.0699. The van der Waals surface area contributed by atoms with Gasteiger partial charge in [0.2, 0.25) is 0 Å². The van der Waals surface area contributed by atoms with E-state index in [2.05, 4.69) is 26.2 Å². The van der Waals surface area contributed by atoms with Gasteiger partial charge in [-0.3, -0.25) is 9.78 Å². The van der Waals surface area contributed by atoms with E-state index < -0.39 is 0 Å². The van der Waals surface area contributed by atoms with Gasteiger partial charge in [-0.15, -0.1) is 23.1 Å². The lowest BCUT2D eigenvalue weighted by atomic mass is 10.3. The number of pyridine rings is 1. The summed E-state index contributed by atoms with van der Waals surface area (Å²) in [5, 5.41) is 4.89. The molecule has 2 heterocycles. The summed E-state index contributed by atoms with van der Waals surface area (Å²) in [5.74, 6) is 0.747. The highest BCUT2D eigenvalue weighted by Gasteiger charge is 2.14. The van der Waals surface area contributed by atoms with Gasteiger partial charge >= 0.3 is 0 Å². The molecule has 0 atom stereocenters. The van der Waals surface area contributed by atoms with Crippen LogP contribution >= 0.6 is 39.0 Å². The van der Waals surface area contributed by atoms with Gasteiger partial charge in [0.05, 0.1) is 0 Å². The third-order valence-corrected chi connectivity index (χ3v) is 5.78. The van der Waals surface area contributed by atoms with Crippen LogP contribution < -0.4 is 5.32 Å². The van der Waals surface area contributed by atoms with Crippen molar-refractivity contribution >= 4 is 50.6 Å². The normalized spacial score (nSPS) is 10.5. The largest absolute Gasteiger partial charge is 0.321 e. The summed E-state index contributed by atoms with van der Waals surface area (Å²) >= 11 is 6.51. The molecule has 0 saturated carbocycles. The third-order valence-electron chi connectivity index (χ3n) is 3.08. The van der Waals surface area contributed by atoms with Crippen molar-refractivity contribution in [1.82, 2.24) is 4.98 Å². The molecule has 1 aromatic carbocycles. The molecule has 0 aliphatic heterocycles. The number of hydrogen-bond donors (Lipinski definition) is 1. The first-order valence-corrected chi connectivity index (χ1v) is 9.54. The van der Waals surface area contributed by atoms with Gasteiger partial charge in [-0.1, -0.05) is 15.9 Å². The van der Waals surface area contributed by atoms with Gasteiger partial charge in [-0.2, -0.15) is 0 Å². The summed E-state index contributed by atoms with van der Waals surface area (Å²) in [5.41, 5.74) is 1.98. The summed E-state index contributed by atoms with van der Waals surface area (Å²) in [6.45, 7) is 0. The fraction of sp³-hybridized carbons (Fsp3) is 0.0588. The van der Waals surface area contributed by atoms with Crippen molar-refractivity contribution in [3.8, 4) is 0 Å². The van der Waals surface area contributed by atoms with Gasteiger partial charge in [0.15, 0.2) is 0 Å². The minimum Gasteiger partial charge on any atom is -0.321 e. The number of benzene rings is 1. The Morgan fingerprint density at radius 2 is 1.87 bits per heavy atom. The Hall–Kier alpha value is -1.63. The van der Waals surface area contributed by atoms with E-state index in [-0.39, 0.29) is 5.91 Å². The standard InChI is InChI=1S/C17H13BrN2OS2/c18-13-1-3-14(4-2-13)20-17(21)16-15(7-10-22-16)23-11-12-5-8-19-9-6-12/h1-10H,11H2,(H,20,21). The number of halogens is 1. The molecule has 0 unspecified atom stereocenters. The maximum absolute atomic E-state index is 12.5. The number of anilines is 1. The van der Waals surface area contributed by atoms with Crippen LogP contribution in [0.3, 0.4) is 0 Å². The number of thioether (sulfide) groups is 1. The Bertz CT molecular complexity index is 788. The second-order valence-corrected chi connectivity index (χ2v) is 7.57. The summed E-state index contributed by atoms with van der Waals surface area (Å²) in [6.07, 6.45) is 3.56. The van der Waals surface area contributed by atoms with Crippen molar-refractivity contribution in [2.24, 2.45) is 0 Å². The lowest BCUT2D eigenvalue weighted by molar-refractivity contribution is 0.102. The minimum absolute atomic E-state index is 0.0699. The Morgan fingerprint density at radius 1 is 1.13 bits per heavy atom. The Labute approximate surface area is 151 Å². The number of carbonyl (C=O) groups excluding carboxylic acids is 1. The van der Waals surface area contributed by atoms with Gasteiger partial charge in [-0.05, 0) is 53.4 Å². The average molecular weight is 405 g/mol. The smallest absolute Gasteiger partial charge is 0.266 e. The monoisotopic (exact) mass is 404 g/mol. The number of nitrogens with zero attached hydrogens (tertiary/aromatic N) is 1. The predicted octanol–water partition coefficient (Wildman–Crippen LogP) is 5.45. The molecular formula is C17H13BrN2OS2. The first kappa shape index (κ1) is 16.2. The zero-order valence-corrected chi connectivity index (χ0v) is 15.2. The molecule has 0 radical (unpaired) electrons. The number of thiophene rings is 1. The summed E-state index contributed by atoms with van der Waals surface area (Å²) in [7, 11) is 0. The zero-order chi connectivity index (χ0) is 16.1. The highest BCUT2D eigenvalue weighted by atomic mass is 79.9. The van der Waals surface area contributed by atoms with E-state index in [4.69, 9.17) is 0 Å². The molecule has 1 N–H and O–H groups in total. The lowest BCUT2D eigenvalue weighted by Gasteiger charge is -2.06. The van der Waals surface area contributed by atoms with Crippen LogP contribution in [0.1, 0.15) is 15.2 Å². The molecule has 3 aromatic rings. The third kappa shape index (κ3) is 4.43. The molecule has 0 spiro atoms. The van der Waals surface area contributed by atoms with Crippen molar-refractivity contribution in [3.05, 3.63) is 75.2 Å². The predicted molar refractivity (Wildman–Crippen MR) is 100 cm³/mol. The van der Waals surface area contributed by atoms with Crippen LogP contribution in [0.15, 0.2) is 69.6 Å². The van der Waals surface area contributed by atoms with E-state index in [1.807, 2.05) is 47.8 Å². The quantitative estimate of drug-likeness (QED) is 0.574. The van der Waals surface area contributed by atoms with Crippen molar-refractivity contribution in [2.75, 3.05) is 5.32 Å². The molecule has 1 amide bonds. The van der Waals surface area contributed by atoms with Gasteiger partial charge in [0.25, 0.3) is 5.91 Å². The number of carbonyl (C=O) groups is 1. The van der Waals surface area contributed by atoms with Gasteiger partial charge in [0, 0.05) is 33.2 Å². The maximum atomic E-state index is 12.5. The van der Waals surface area contributed by atoms with Crippen LogP contribution in [-0.2, 0) is 5.75 Å². The van der Waals surface area contributed by atoms with Crippen LogP contribution in [-0.4, -0.2) is 10.9 Å². The van der Waals surface area contributed by atoms with Gasteiger partial charge < -0.3 is 5.32 Å².